The Labute approximate surface area is 125 Å². The van der Waals surface area contributed by atoms with E-state index in [0.29, 0.717) is 13.0 Å². The molecule has 1 fully saturated rings. The molecular weight excluding hydrogens is 296 g/mol. The second-order valence-corrected chi connectivity index (χ2v) is 8.63. The molecule has 8 heteroatoms. The molecule has 1 heterocycles. The van der Waals surface area contributed by atoms with Crippen LogP contribution in [0.4, 0.5) is 0 Å². The molecule has 21 heavy (non-hydrogen) atoms. The number of carbonyl (C=O) groups is 2. The van der Waals surface area contributed by atoms with Crippen molar-refractivity contribution in [2.45, 2.75) is 45.2 Å². The maximum absolute atomic E-state index is 12.2. The van der Waals surface area contributed by atoms with Crippen LogP contribution >= 0.6 is 0 Å². The smallest absolute Gasteiger partial charge is 0.323 e. The van der Waals surface area contributed by atoms with E-state index in [9.17, 15) is 18.0 Å². The number of rotatable bonds is 6. The Hall–Kier alpha value is -1.15. The predicted molar refractivity (Wildman–Crippen MR) is 78.8 cm³/mol. The molecule has 1 rings (SSSR count). The molecule has 0 spiro atoms. The van der Waals surface area contributed by atoms with Gasteiger partial charge in [-0.15, -0.1) is 0 Å². The lowest BCUT2D eigenvalue weighted by Gasteiger charge is -2.27. The molecule has 0 bridgehead atoms. The third kappa shape index (κ3) is 6.43. The number of aliphatic carboxylic acids is 1. The van der Waals surface area contributed by atoms with Gasteiger partial charge in [-0.3, -0.25) is 9.59 Å². The fraction of sp³-hybridized carbons (Fsp3) is 0.846. The first-order valence-electron chi connectivity index (χ1n) is 6.97. The molecule has 0 saturated carbocycles. The minimum Gasteiger partial charge on any atom is -0.480 e. The molecule has 1 atom stereocenters. The van der Waals surface area contributed by atoms with Gasteiger partial charge >= 0.3 is 5.97 Å². The van der Waals surface area contributed by atoms with Gasteiger partial charge in [0, 0.05) is 24.5 Å². The van der Waals surface area contributed by atoms with E-state index in [0.717, 1.165) is 0 Å². The summed E-state index contributed by atoms with van der Waals surface area (Å²) in [6.07, 6.45) is 0.467. The van der Waals surface area contributed by atoms with Crippen LogP contribution in [0.3, 0.4) is 0 Å². The monoisotopic (exact) mass is 320 g/mol. The summed E-state index contributed by atoms with van der Waals surface area (Å²) in [5.74, 6) is -1.58. The summed E-state index contributed by atoms with van der Waals surface area (Å²) in [4.78, 5) is 24.3. The molecule has 1 amide bonds. The SMILES string of the molecule is CC(C)(C)NCCC(=O)N(CC(=O)O)C1CCS(=O)(=O)C1. The third-order valence-electron chi connectivity index (χ3n) is 3.27. The number of hydrogen-bond donors (Lipinski definition) is 2. The molecule has 0 aliphatic carbocycles. The van der Waals surface area contributed by atoms with E-state index in [1.54, 1.807) is 0 Å². The number of hydrogen-bond acceptors (Lipinski definition) is 5. The van der Waals surface area contributed by atoms with Crippen molar-refractivity contribution in [2.75, 3.05) is 24.6 Å². The van der Waals surface area contributed by atoms with E-state index in [4.69, 9.17) is 5.11 Å². The van der Waals surface area contributed by atoms with Crippen LogP contribution in [-0.2, 0) is 19.4 Å². The summed E-state index contributed by atoms with van der Waals surface area (Å²) >= 11 is 0. The van der Waals surface area contributed by atoms with Crippen LogP contribution in [0.25, 0.3) is 0 Å². The molecule has 122 valence electrons. The van der Waals surface area contributed by atoms with Gasteiger partial charge in [0.15, 0.2) is 9.84 Å². The molecule has 1 aliphatic heterocycles. The summed E-state index contributed by atoms with van der Waals surface area (Å²) in [6, 6.07) is -0.520. The lowest BCUT2D eigenvalue weighted by molar-refractivity contribution is -0.145. The van der Waals surface area contributed by atoms with Gasteiger partial charge in [-0.25, -0.2) is 8.42 Å². The Bertz CT molecular complexity index is 495. The standard InChI is InChI=1S/C13H24N2O5S/c1-13(2,3)14-6-4-11(16)15(8-12(17)18)10-5-7-21(19,20)9-10/h10,14H,4-9H2,1-3H3,(H,17,18). The first kappa shape index (κ1) is 17.9. The minimum atomic E-state index is -3.16. The number of carboxylic acid groups (broad SMARTS) is 1. The van der Waals surface area contributed by atoms with E-state index < -0.39 is 28.4 Å². The number of carboxylic acids is 1. The maximum Gasteiger partial charge on any atom is 0.323 e. The van der Waals surface area contributed by atoms with Gasteiger partial charge in [0.25, 0.3) is 0 Å². The third-order valence-corrected chi connectivity index (χ3v) is 5.02. The molecule has 1 aliphatic rings. The van der Waals surface area contributed by atoms with Gasteiger partial charge in [0.05, 0.1) is 11.5 Å². The zero-order valence-electron chi connectivity index (χ0n) is 12.8. The lowest BCUT2D eigenvalue weighted by atomic mass is 10.1. The summed E-state index contributed by atoms with van der Waals surface area (Å²) < 4.78 is 23.0. The molecular formula is C13H24N2O5S. The van der Waals surface area contributed by atoms with Crippen LogP contribution < -0.4 is 5.32 Å². The van der Waals surface area contributed by atoms with Crippen molar-refractivity contribution in [1.29, 1.82) is 0 Å². The normalized spacial score (nSPS) is 21.2. The average molecular weight is 320 g/mol. The number of carbonyl (C=O) groups excluding carboxylic acids is 1. The number of nitrogens with zero attached hydrogens (tertiary/aromatic N) is 1. The minimum absolute atomic E-state index is 0.0152. The van der Waals surface area contributed by atoms with Crippen LogP contribution in [0.15, 0.2) is 0 Å². The van der Waals surface area contributed by atoms with Crippen LogP contribution in [0, 0.1) is 0 Å². The summed E-state index contributed by atoms with van der Waals surface area (Å²) in [6.45, 7) is 5.88. The topological polar surface area (TPSA) is 104 Å². The van der Waals surface area contributed by atoms with Gasteiger partial charge in [0.2, 0.25) is 5.91 Å². The number of sulfone groups is 1. The second kappa shape index (κ2) is 6.74. The fourth-order valence-electron chi connectivity index (χ4n) is 2.28. The van der Waals surface area contributed by atoms with Gasteiger partial charge in [-0.2, -0.15) is 0 Å². The van der Waals surface area contributed by atoms with Crippen molar-refractivity contribution in [3.8, 4) is 0 Å². The van der Waals surface area contributed by atoms with Crippen molar-refractivity contribution in [3.63, 3.8) is 0 Å². The highest BCUT2D eigenvalue weighted by Crippen LogP contribution is 2.18. The highest BCUT2D eigenvalue weighted by molar-refractivity contribution is 7.91. The van der Waals surface area contributed by atoms with Crippen molar-refractivity contribution < 1.29 is 23.1 Å². The summed E-state index contributed by atoms with van der Waals surface area (Å²) in [5.41, 5.74) is -0.130. The van der Waals surface area contributed by atoms with Crippen LogP contribution in [-0.4, -0.2) is 66.5 Å². The zero-order chi connectivity index (χ0) is 16.3. The predicted octanol–water partition coefficient (Wildman–Crippen LogP) is -0.135. The Kier molecular flexibility index (Phi) is 5.75. The summed E-state index contributed by atoms with van der Waals surface area (Å²) in [5, 5.41) is 12.1. The van der Waals surface area contributed by atoms with Crippen LogP contribution in [0.1, 0.15) is 33.6 Å². The van der Waals surface area contributed by atoms with Gasteiger partial charge < -0.3 is 15.3 Å². The van der Waals surface area contributed by atoms with E-state index in [2.05, 4.69) is 5.32 Å². The maximum atomic E-state index is 12.2. The molecule has 0 aromatic carbocycles. The molecule has 1 unspecified atom stereocenters. The number of amides is 1. The molecule has 7 nitrogen and oxygen atoms in total. The highest BCUT2D eigenvalue weighted by Gasteiger charge is 2.35. The zero-order valence-corrected chi connectivity index (χ0v) is 13.6. The molecule has 0 radical (unpaired) electrons. The fourth-order valence-corrected chi connectivity index (χ4v) is 4.01. The molecule has 2 N–H and O–H groups in total. The Morgan fingerprint density at radius 1 is 1.33 bits per heavy atom. The summed E-state index contributed by atoms with van der Waals surface area (Å²) in [7, 11) is -3.16. The molecule has 0 aromatic rings. The highest BCUT2D eigenvalue weighted by atomic mass is 32.2. The first-order valence-corrected chi connectivity index (χ1v) is 8.79. The molecule has 1 saturated heterocycles. The van der Waals surface area contributed by atoms with Crippen molar-refractivity contribution in [1.82, 2.24) is 10.2 Å². The first-order chi connectivity index (χ1) is 9.50. The van der Waals surface area contributed by atoms with Crippen molar-refractivity contribution in [3.05, 3.63) is 0 Å². The van der Waals surface area contributed by atoms with E-state index in [1.807, 2.05) is 20.8 Å². The molecule has 0 aromatic heterocycles. The van der Waals surface area contributed by atoms with Gasteiger partial charge in [-0.05, 0) is 27.2 Å². The van der Waals surface area contributed by atoms with Crippen LogP contribution in [0.5, 0.6) is 0 Å². The van der Waals surface area contributed by atoms with Crippen molar-refractivity contribution >= 4 is 21.7 Å². The van der Waals surface area contributed by atoms with E-state index in [1.165, 1.54) is 4.90 Å². The second-order valence-electron chi connectivity index (χ2n) is 6.40. The average Bonchev–Trinajstić information content (AvgIpc) is 2.64. The van der Waals surface area contributed by atoms with E-state index in [-0.39, 0.29) is 29.4 Å². The Morgan fingerprint density at radius 2 is 1.95 bits per heavy atom. The van der Waals surface area contributed by atoms with Crippen LogP contribution in [0.2, 0.25) is 0 Å². The quantitative estimate of drug-likeness (QED) is 0.706. The number of nitrogens with one attached hydrogen (secondary N) is 1. The van der Waals surface area contributed by atoms with Gasteiger partial charge in [0.1, 0.15) is 6.54 Å². The Balaban J connectivity index is 2.65. The van der Waals surface area contributed by atoms with Gasteiger partial charge in [-0.1, -0.05) is 0 Å². The van der Waals surface area contributed by atoms with E-state index >= 15 is 0 Å². The Morgan fingerprint density at radius 3 is 2.38 bits per heavy atom. The largest absolute Gasteiger partial charge is 0.480 e. The van der Waals surface area contributed by atoms with Crippen molar-refractivity contribution in [2.24, 2.45) is 0 Å². The lowest BCUT2D eigenvalue weighted by Crippen LogP contribution is -2.46.